The van der Waals surface area contributed by atoms with E-state index < -0.39 is 11.8 Å². The first-order valence-electron chi connectivity index (χ1n) is 8.01. The number of halogens is 2. The lowest BCUT2D eigenvalue weighted by Crippen LogP contribution is -2.25. The van der Waals surface area contributed by atoms with Crippen LogP contribution in [0, 0.1) is 5.82 Å². The number of benzene rings is 1. The molecule has 2 heterocycles. The highest BCUT2D eigenvalue weighted by Gasteiger charge is 2.16. The topological polar surface area (TPSA) is 88.0 Å². The number of urea groups is 1. The number of nitrogens with zero attached hydrogens (tertiary/aromatic N) is 2. The van der Waals surface area contributed by atoms with Gasteiger partial charge in [0.1, 0.15) is 11.6 Å². The van der Waals surface area contributed by atoms with Crippen LogP contribution in [0.3, 0.4) is 0 Å². The maximum absolute atomic E-state index is 14.1. The van der Waals surface area contributed by atoms with Crippen LogP contribution < -0.4 is 21.5 Å². The third kappa shape index (κ3) is 3.43. The molecule has 0 atom stereocenters. The standard InChI is InChI=1S/C18H17ClFN5O2/c1-21-16-7-15-9(8-23-16)4-11(17(26)25(15)3)10-5-14(24-18(27)22-2)13(20)6-12(10)19/h4-8H,1-3H3,(H,21,23)(H2,22,24,27). The van der Waals surface area contributed by atoms with E-state index in [4.69, 9.17) is 11.6 Å². The molecular formula is C18H17ClFN5O2. The summed E-state index contributed by atoms with van der Waals surface area (Å²) < 4.78 is 15.6. The van der Waals surface area contributed by atoms with Gasteiger partial charge in [-0.05, 0) is 18.2 Å². The number of aromatic nitrogens is 2. The number of nitrogens with one attached hydrogen (secondary N) is 3. The summed E-state index contributed by atoms with van der Waals surface area (Å²) in [4.78, 5) is 28.7. The molecule has 0 spiro atoms. The van der Waals surface area contributed by atoms with Crippen LogP contribution in [0.15, 0.2) is 35.3 Å². The van der Waals surface area contributed by atoms with Crippen molar-refractivity contribution in [2.75, 3.05) is 24.7 Å². The van der Waals surface area contributed by atoms with Crippen LogP contribution in [-0.4, -0.2) is 29.7 Å². The molecule has 0 aliphatic carbocycles. The summed E-state index contributed by atoms with van der Waals surface area (Å²) in [5.74, 6) is -0.0765. The van der Waals surface area contributed by atoms with Crippen LogP contribution in [0.2, 0.25) is 5.02 Å². The van der Waals surface area contributed by atoms with Crippen molar-refractivity contribution in [2.24, 2.45) is 7.05 Å². The molecule has 0 bridgehead atoms. The minimum Gasteiger partial charge on any atom is -0.373 e. The molecule has 0 fully saturated rings. The average Bonchev–Trinajstić information content (AvgIpc) is 2.66. The van der Waals surface area contributed by atoms with E-state index in [9.17, 15) is 14.0 Å². The van der Waals surface area contributed by atoms with Crippen LogP contribution in [0.4, 0.5) is 20.7 Å². The second-order valence-corrected chi connectivity index (χ2v) is 6.22. The Labute approximate surface area is 159 Å². The largest absolute Gasteiger partial charge is 0.373 e. The van der Waals surface area contributed by atoms with Gasteiger partial charge in [-0.15, -0.1) is 0 Å². The summed E-state index contributed by atoms with van der Waals surface area (Å²) in [6, 6.07) is 5.22. The molecule has 2 aromatic heterocycles. The third-order valence-electron chi connectivity index (χ3n) is 4.19. The van der Waals surface area contributed by atoms with Crippen LogP contribution in [-0.2, 0) is 7.05 Å². The minimum absolute atomic E-state index is 0.0613. The summed E-state index contributed by atoms with van der Waals surface area (Å²) in [6.45, 7) is 0. The highest BCUT2D eigenvalue weighted by atomic mass is 35.5. The summed E-state index contributed by atoms with van der Waals surface area (Å²) in [5.41, 5.74) is 0.874. The van der Waals surface area contributed by atoms with Crippen molar-refractivity contribution in [3.8, 4) is 11.1 Å². The number of fused-ring (bicyclic) bond motifs is 1. The Balaban J connectivity index is 2.23. The van der Waals surface area contributed by atoms with E-state index in [1.807, 2.05) is 0 Å². The van der Waals surface area contributed by atoms with E-state index in [1.54, 1.807) is 32.4 Å². The van der Waals surface area contributed by atoms with Crippen molar-refractivity contribution < 1.29 is 9.18 Å². The van der Waals surface area contributed by atoms with E-state index in [2.05, 4.69) is 20.9 Å². The van der Waals surface area contributed by atoms with Crippen molar-refractivity contribution in [3.63, 3.8) is 0 Å². The normalized spacial score (nSPS) is 10.7. The Morgan fingerprint density at radius 2 is 1.93 bits per heavy atom. The van der Waals surface area contributed by atoms with Gasteiger partial charge in [0.25, 0.3) is 5.56 Å². The van der Waals surface area contributed by atoms with Gasteiger partial charge in [0, 0.05) is 49.9 Å². The second-order valence-electron chi connectivity index (χ2n) is 5.82. The number of anilines is 2. The molecule has 3 rings (SSSR count). The number of hydrogen-bond acceptors (Lipinski definition) is 4. The van der Waals surface area contributed by atoms with Crippen molar-refractivity contribution >= 4 is 40.0 Å². The number of carbonyl (C=O) groups excluding carboxylic acids is 1. The maximum atomic E-state index is 14.1. The van der Waals surface area contributed by atoms with Gasteiger partial charge in [-0.2, -0.15) is 0 Å². The SMILES string of the molecule is CNC(=O)Nc1cc(-c2cc3cnc(NC)cc3n(C)c2=O)c(Cl)cc1F. The molecule has 9 heteroatoms. The summed E-state index contributed by atoms with van der Waals surface area (Å²) in [5, 5.41) is 8.41. The first-order chi connectivity index (χ1) is 12.8. The second kappa shape index (κ2) is 7.24. The van der Waals surface area contributed by atoms with Crippen LogP contribution in [0.1, 0.15) is 0 Å². The van der Waals surface area contributed by atoms with Crippen molar-refractivity contribution in [1.29, 1.82) is 0 Å². The first-order valence-corrected chi connectivity index (χ1v) is 8.39. The highest BCUT2D eigenvalue weighted by Crippen LogP contribution is 2.32. The van der Waals surface area contributed by atoms with E-state index in [0.29, 0.717) is 22.3 Å². The lowest BCUT2D eigenvalue weighted by Gasteiger charge is -2.13. The minimum atomic E-state index is -0.703. The molecule has 0 unspecified atom stereocenters. The molecule has 3 aromatic rings. The Morgan fingerprint density at radius 3 is 2.59 bits per heavy atom. The zero-order valence-corrected chi connectivity index (χ0v) is 15.6. The summed E-state index contributed by atoms with van der Waals surface area (Å²) in [6.07, 6.45) is 1.63. The van der Waals surface area contributed by atoms with E-state index in [1.165, 1.54) is 17.7 Å². The van der Waals surface area contributed by atoms with Gasteiger partial charge in [-0.1, -0.05) is 11.6 Å². The molecule has 1 aromatic carbocycles. The quantitative estimate of drug-likeness (QED) is 0.642. The number of aryl methyl sites for hydroxylation is 1. The molecule has 0 aliphatic rings. The van der Waals surface area contributed by atoms with Gasteiger partial charge in [0.15, 0.2) is 0 Å². The Morgan fingerprint density at radius 1 is 1.19 bits per heavy atom. The van der Waals surface area contributed by atoms with E-state index in [0.717, 1.165) is 6.07 Å². The zero-order chi connectivity index (χ0) is 19.7. The molecular weight excluding hydrogens is 373 g/mol. The monoisotopic (exact) mass is 389 g/mol. The fraction of sp³-hybridized carbons (Fsp3) is 0.167. The van der Waals surface area contributed by atoms with Crippen molar-refractivity contribution in [3.05, 3.63) is 51.7 Å². The Kier molecular flexibility index (Phi) is 5.00. The van der Waals surface area contributed by atoms with Crippen LogP contribution in [0.5, 0.6) is 0 Å². The Hall–Kier alpha value is -3.13. The first kappa shape index (κ1) is 18.7. The average molecular weight is 390 g/mol. The predicted octanol–water partition coefficient (Wildman–Crippen LogP) is 3.19. The van der Waals surface area contributed by atoms with Crippen LogP contribution in [0.25, 0.3) is 22.0 Å². The lowest BCUT2D eigenvalue weighted by atomic mass is 10.0. The third-order valence-corrected chi connectivity index (χ3v) is 4.50. The van der Waals surface area contributed by atoms with Gasteiger partial charge in [0.05, 0.1) is 16.2 Å². The smallest absolute Gasteiger partial charge is 0.319 e. The molecule has 0 aliphatic heterocycles. The molecule has 0 radical (unpaired) electrons. The number of pyridine rings is 2. The maximum Gasteiger partial charge on any atom is 0.319 e. The fourth-order valence-electron chi connectivity index (χ4n) is 2.73. The van der Waals surface area contributed by atoms with Gasteiger partial charge >= 0.3 is 6.03 Å². The van der Waals surface area contributed by atoms with Gasteiger partial charge in [-0.3, -0.25) is 4.79 Å². The molecule has 2 amide bonds. The summed E-state index contributed by atoms with van der Waals surface area (Å²) >= 11 is 6.19. The summed E-state index contributed by atoms with van der Waals surface area (Å²) in [7, 11) is 4.78. The van der Waals surface area contributed by atoms with Crippen molar-refractivity contribution in [1.82, 2.24) is 14.9 Å². The lowest BCUT2D eigenvalue weighted by molar-refractivity contribution is 0.254. The molecule has 140 valence electrons. The number of carbonyl (C=O) groups is 1. The Bertz CT molecular complexity index is 1110. The predicted molar refractivity (Wildman–Crippen MR) is 105 cm³/mol. The molecule has 0 saturated carbocycles. The fourth-order valence-corrected chi connectivity index (χ4v) is 2.98. The van der Waals surface area contributed by atoms with E-state index in [-0.39, 0.29) is 21.8 Å². The number of amides is 2. The molecule has 7 nitrogen and oxygen atoms in total. The number of rotatable bonds is 3. The zero-order valence-electron chi connectivity index (χ0n) is 14.9. The molecule has 3 N–H and O–H groups in total. The van der Waals surface area contributed by atoms with E-state index >= 15 is 0 Å². The molecule has 0 saturated heterocycles. The number of hydrogen-bond donors (Lipinski definition) is 3. The van der Waals surface area contributed by atoms with Gasteiger partial charge < -0.3 is 20.5 Å². The molecule has 27 heavy (non-hydrogen) atoms. The highest BCUT2D eigenvalue weighted by molar-refractivity contribution is 6.33. The van der Waals surface area contributed by atoms with Gasteiger partial charge in [-0.25, -0.2) is 14.2 Å². The van der Waals surface area contributed by atoms with Crippen LogP contribution >= 0.6 is 11.6 Å². The van der Waals surface area contributed by atoms with Crippen molar-refractivity contribution in [2.45, 2.75) is 0 Å². The van der Waals surface area contributed by atoms with Gasteiger partial charge in [0.2, 0.25) is 0 Å².